The van der Waals surface area contributed by atoms with Gasteiger partial charge in [-0.15, -0.1) is 0 Å². The summed E-state index contributed by atoms with van der Waals surface area (Å²) in [6, 6.07) is 7.21. The third-order valence-corrected chi connectivity index (χ3v) is 3.91. The van der Waals surface area contributed by atoms with Gasteiger partial charge in [0.25, 0.3) is 5.56 Å². The first-order chi connectivity index (χ1) is 11.0. The van der Waals surface area contributed by atoms with Gasteiger partial charge in [-0.3, -0.25) is 14.2 Å². The van der Waals surface area contributed by atoms with Gasteiger partial charge in [-0.25, -0.2) is 9.50 Å². The largest absolute Gasteiger partial charge is 0.269 e. The first kappa shape index (κ1) is 13.6. The molecule has 4 aromatic rings. The van der Waals surface area contributed by atoms with Gasteiger partial charge in [-0.2, -0.15) is 5.10 Å². The molecule has 6 heteroatoms. The van der Waals surface area contributed by atoms with Gasteiger partial charge in [0.2, 0.25) is 0 Å². The molecule has 0 aromatic carbocycles. The van der Waals surface area contributed by atoms with Gasteiger partial charge in [-0.05, 0) is 38.5 Å². The lowest BCUT2D eigenvalue weighted by Crippen LogP contribution is -2.14. The minimum absolute atomic E-state index is 0.114. The second-order valence-corrected chi connectivity index (χ2v) is 5.69. The van der Waals surface area contributed by atoms with E-state index >= 15 is 0 Å². The third kappa shape index (κ3) is 2.11. The van der Waals surface area contributed by atoms with Crippen LogP contribution in [0.3, 0.4) is 0 Å². The molecule has 114 valence electrons. The van der Waals surface area contributed by atoms with Crippen LogP contribution >= 0.6 is 0 Å². The van der Waals surface area contributed by atoms with Crippen molar-refractivity contribution in [2.45, 2.75) is 20.8 Å². The van der Waals surface area contributed by atoms with E-state index < -0.39 is 0 Å². The zero-order chi connectivity index (χ0) is 16.1. The summed E-state index contributed by atoms with van der Waals surface area (Å²) in [4.78, 5) is 21.4. The SMILES string of the molecule is Cc1cn2nc(-c3cc(=O)n4cccc(C)c4n3)cc2c(C)n1. The summed E-state index contributed by atoms with van der Waals surface area (Å²) >= 11 is 0. The van der Waals surface area contributed by atoms with E-state index in [4.69, 9.17) is 0 Å². The van der Waals surface area contributed by atoms with Crippen molar-refractivity contribution >= 4 is 11.2 Å². The van der Waals surface area contributed by atoms with Crippen LogP contribution in [0.2, 0.25) is 0 Å². The number of aromatic nitrogens is 5. The monoisotopic (exact) mass is 305 g/mol. The molecule has 0 radical (unpaired) electrons. The molecule has 0 saturated heterocycles. The van der Waals surface area contributed by atoms with Gasteiger partial charge in [-0.1, -0.05) is 6.07 Å². The van der Waals surface area contributed by atoms with Crippen molar-refractivity contribution in [1.82, 2.24) is 24.0 Å². The van der Waals surface area contributed by atoms with E-state index in [1.54, 1.807) is 15.1 Å². The molecule has 0 bridgehead atoms. The average Bonchev–Trinajstić information content (AvgIpc) is 2.92. The number of hydrogen-bond acceptors (Lipinski definition) is 4. The molecule has 0 amide bonds. The summed E-state index contributed by atoms with van der Waals surface area (Å²) < 4.78 is 3.33. The van der Waals surface area contributed by atoms with Crippen molar-refractivity contribution in [2.75, 3.05) is 0 Å². The fraction of sp³-hybridized carbons (Fsp3) is 0.176. The molecule has 0 unspecified atom stereocenters. The number of pyridine rings is 1. The van der Waals surface area contributed by atoms with Crippen molar-refractivity contribution in [3.05, 3.63) is 64.0 Å². The van der Waals surface area contributed by atoms with Crippen LogP contribution in [0.1, 0.15) is 17.0 Å². The molecule has 0 saturated carbocycles. The average molecular weight is 305 g/mol. The maximum atomic E-state index is 12.3. The molecule has 0 aliphatic heterocycles. The molecule has 0 atom stereocenters. The Hall–Kier alpha value is -3.02. The smallest absolute Gasteiger partial charge is 0.258 e. The lowest BCUT2D eigenvalue weighted by molar-refractivity contribution is 0.914. The molecular weight excluding hydrogens is 290 g/mol. The molecule has 0 fully saturated rings. The topological polar surface area (TPSA) is 64.6 Å². The van der Waals surface area contributed by atoms with E-state index in [0.29, 0.717) is 17.0 Å². The van der Waals surface area contributed by atoms with Gasteiger partial charge in [0.15, 0.2) is 0 Å². The molecule has 23 heavy (non-hydrogen) atoms. The lowest BCUT2D eigenvalue weighted by Gasteiger charge is -2.04. The Morgan fingerprint density at radius 1 is 1.04 bits per heavy atom. The molecular formula is C17H15N5O. The predicted molar refractivity (Wildman–Crippen MR) is 87.7 cm³/mol. The first-order valence-electron chi connectivity index (χ1n) is 7.36. The number of hydrogen-bond donors (Lipinski definition) is 0. The Labute approximate surface area is 132 Å². The third-order valence-electron chi connectivity index (χ3n) is 3.91. The summed E-state index contributed by atoms with van der Waals surface area (Å²) in [6.07, 6.45) is 3.59. The van der Waals surface area contributed by atoms with E-state index in [1.807, 2.05) is 45.2 Å². The quantitative estimate of drug-likeness (QED) is 0.541. The van der Waals surface area contributed by atoms with Gasteiger partial charge >= 0.3 is 0 Å². The molecule has 6 nitrogen and oxygen atoms in total. The minimum Gasteiger partial charge on any atom is -0.269 e. The highest BCUT2D eigenvalue weighted by Crippen LogP contribution is 2.19. The van der Waals surface area contributed by atoms with Gasteiger partial charge < -0.3 is 0 Å². The Balaban J connectivity index is 2.01. The van der Waals surface area contributed by atoms with Crippen LogP contribution in [-0.4, -0.2) is 24.0 Å². The van der Waals surface area contributed by atoms with E-state index in [0.717, 1.165) is 22.5 Å². The van der Waals surface area contributed by atoms with Gasteiger partial charge in [0.05, 0.1) is 28.8 Å². The van der Waals surface area contributed by atoms with Gasteiger partial charge in [0, 0.05) is 12.3 Å². The highest BCUT2D eigenvalue weighted by molar-refractivity contribution is 5.66. The van der Waals surface area contributed by atoms with Gasteiger partial charge in [0.1, 0.15) is 11.3 Å². The summed E-state index contributed by atoms with van der Waals surface area (Å²) in [7, 11) is 0. The molecule has 0 spiro atoms. The highest BCUT2D eigenvalue weighted by Gasteiger charge is 2.11. The minimum atomic E-state index is -0.114. The van der Waals surface area contributed by atoms with Crippen molar-refractivity contribution < 1.29 is 0 Å². The predicted octanol–water partition coefficient (Wildman–Crippen LogP) is 2.33. The summed E-state index contributed by atoms with van der Waals surface area (Å²) in [5, 5.41) is 4.55. The fourth-order valence-corrected chi connectivity index (χ4v) is 2.81. The molecule has 0 aliphatic rings. The van der Waals surface area contributed by atoms with Crippen LogP contribution in [0.15, 0.2) is 41.5 Å². The summed E-state index contributed by atoms with van der Waals surface area (Å²) in [5.41, 5.74) is 5.44. The van der Waals surface area contributed by atoms with E-state index in [2.05, 4.69) is 15.1 Å². The summed E-state index contributed by atoms with van der Waals surface area (Å²) in [5.74, 6) is 0. The van der Waals surface area contributed by atoms with Crippen molar-refractivity contribution in [3.8, 4) is 11.4 Å². The number of nitrogens with zero attached hydrogens (tertiary/aromatic N) is 5. The van der Waals surface area contributed by atoms with Crippen LogP contribution in [0.4, 0.5) is 0 Å². The highest BCUT2D eigenvalue weighted by atomic mass is 16.1. The molecule has 4 rings (SSSR count). The number of fused-ring (bicyclic) bond motifs is 2. The normalized spacial score (nSPS) is 11.4. The Morgan fingerprint density at radius 2 is 1.87 bits per heavy atom. The maximum absolute atomic E-state index is 12.3. The lowest BCUT2D eigenvalue weighted by atomic mass is 10.2. The Bertz CT molecular complexity index is 1120. The zero-order valence-electron chi connectivity index (χ0n) is 13.1. The molecule has 4 aromatic heterocycles. The van der Waals surface area contributed by atoms with Crippen LogP contribution in [-0.2, 0) is 0 Å². The molecule has 0 aliphatic carbocycles. The standard InChI is InChI=1S/C17H15N5O/c1-10-5-4-6-21-16(23)8-13(19-17(10)21)14-7-15-12(3)18-11(2)9-22(15)20-14/h4-9H,1-3H3. The van der Waals surface area contributed by atoms with Crippen molar-refractivity contribution in [1.29, 1.82) is 0 Å². The van der Waals surface area contributed by atoms with Crippen molar-refractivity contribution in [2.24, 2.45) is 0 Å². The maximum Gasteiger partial charge on any atom is 0.258 e. The van der Waals surface area contributed by atoms with Crippen LogP contribution in [0.5, 0.6) is 0 Å². The van der Waals surface area contributed by atoms with Crippen LogP contribution in [0, 0.1) is 20.8 Å². The summed E-state index contributed by atoms with van der Waals surface area (Å²) in [6.45, 7) is 5.81. The van der Waals surface area contributed by atoms with E-state index in [1.165, 1.54) is 6.07 Å². The van der Waals surface area contributed by atoms with E-state index in [-0.39, 0.29) is 5.56 Å². The van der Waals surface area contributed by atoms with E-state index in [9.17, 15) is 4.79 Å². The van der Waals surface area contributed by atoms with Crippen LogP contribution < -0.4 is 5.56 Å². The fourth-order valence-electron chi connectivity index (χ4n) is 2.81. The van der Waals surface area contributed by atoms with Crippen LogP contribution in [0.25, 0.3) is 22.6 Å². The zero-order valence-corrected chi connectivity index (χ0v) is 13.1. The molecule has 0 N–H and O–H groups in total. The van der Waals surface area contributed by atoms with Crippen molar-refractivity contribution in [3.63, 3.8) is 0 Å². The Kier molecular flexibility index (Phi) is 2.81. The Morgan fingerprint density at radius 3 is 2.70 bits per heavy atom. The first-order valence-corrected chi connectivity index (χ1v) is 7.36. The number of aryl methyl sites for hydroxylation is 3. The number of rotatable bonds is 1. The second-order valence-electron chi connectivity index (χ2n) is 5.69. The molecule has 4 heterocycles. The second kappa shape index (κ2) is 4.74.